The molecule has 0 aliphatic heterocycles. The second-order valence-corrected chi connectivity index (χ2v) is 6.19. The predicted molar refractivity (Wildman–Crippen MR) is 94.4 cm³/mol. The van der Waals surface area contributed by atoms with Crippen molar-refractivity contribution in [1.29, 1.82) is 0 Å². The highest BCUT2D eigenvalue weighted by Gasteiger charge is 2.22. The topological polar surface area (TPSA) is 55.4 Å². The number of methoxy groups -OCH3 is 1. The molecule has 2 rings (SSSR count). The second kappa shape index (κ2) is 8.11. The van der Waals surface area contributed by atoms with Crippen LogP contribution >= 0.6 is 15.9 Å². The van der Waals surface area contributed by atoms with Crippen molar-refractivity contribution in [2.24, 2.45) is 0 Å². The summed E-state index contributed by atoms with van der Waals surface area (Å²) >= 11 is 3.49. The molecule has 0 aliphatic rings. The standard InChI is InChI=1S/C18H20BrNO3/c1-3-4-9-16(18(22)23-2)20-17(21)14-10-11-15(19)13-8-6-5-7-12(13)14/h5-8,10-11,16H,3-4,9H2,1-2H3,(H,20,21). The zero-order valence-corrected chi connectivity index (χ0v) is 14.9. The van der Waals surface area contributed by atoms with Gasteiger partial charge in [-0.25, -0.2) is 4.79 Å². The molecular formula is C18H20BrNO3. The van der Waals surface area contributed by atoms with Crippen molar-refractivity contribution >= 4 is 38.6 Å². The molecule has 0 heterocycles. The molecule has 0 saturated carbocycles. The number of benzene rings is 2. The molecule has 2 aromatic rings. The van der Waals surface area contributed by atoms with Crippen LogP contribution in [-0.4, -0.2) is 25.0 Å². The summed E-state index contributed by atoms with van der Waals surface area (Å²) in [4.78, 5) is 24.5. The third-order valence-electron chi connectivity index (χ3n) is 3.75. The van der Waals surface area contributed by atoms with Crippen LogP contribution in [0.25, 0.3) is 10.8 Å². The number of fused-ring (bicyclic) bond motifs is 1. The number of carbonyl (C=O) groups excluding carboxylic acids is 2. The third kappa shape index (κ3) is 4.10. The van der Waals surface area contributed by atoms with E-state index >= 15 is 0 Å². The average Bonchev–Trinajstić information content (AvgIpc) is 2.58. The maximum atomic E-state index is 12.6. The lowest BCUT2D eigenvalue weighted by Crippen LogP contribution is -2.41. The number of esters is 1. The minimum absolute atomic E-state index is 0.264. The number of halogens is 1. The Morgan fingerprint density at radius 2 is 1.87 bits per heavy atom. The number of carbonyl (C=O) groups is 2. The summed E-state index contributed by atoms with van der Waals surface area (Å²) < 4.78 is 5.72. The minimum Gasteiger partial charge on any atom is -0.467 e. The number of hydrogen-bond donors (Lipinski definition) is 1. The van der Waals surface area contributed by atoms with Crippen LogP contribution in [0.5, 0.6) is 0 Å². The fourth-order valence-electron chi connectivity index (χ4n) is 2.50. The van der Waals surface area contributed by atoms with E-state index < -0.39 is 12.0 Å². The summed E-state index contributed by atoms with van der Waals surface area (Å²) in [6, 6.07) is 10.6. The summed E-state index contributed by atoms with van der Waals surface area (Å²) in [5.41, 5.74) is 0.550. The van der Waals surface area contributed by atoms with Crippen molar-refractivity contribution in [1.82, 2.24) is 5.32 Å². The van der Waals surface area contributed by atoms with Gasteiger partial charge in [0.1, 0.15) is 6.04 Å². The molecule has 122 valence electrons. The van der Waals surface area contributed by atoms with E-state index in [-0.39, 0.29) is 5.91 Å². The van der Waals surface area contributed by atoms with Gasteiger partial charge in [0.25, 0.3) is 5.91 Å². The van der Waals surface area contributed by atoms with E-state index in [9.17, 15) is 9.59 Å². The van der Waals surface area contributed by atoms with Gasteiger partial charge in [0.2, 0.25) is 0 Å². The maximum Gasteiger partial charge on any atom is 0.328 e. The van der Waals surface area contributed by atoms with Crippen molar-refractivity contribution in [3.05, 3.63) is 46.4 Å². The molecule has 0 saturated heterocycles. The van der Waals surface area contributed by atoms with Gasteiger partial charge in [-0.05, 0) is 29.3 Å². The summed E-state index contributed by atoms with van der Waals surface area (Å²) in [6.45, 7) is 2.04. The first-order valence-corrected chi connectivity index (χ1v) is 8.43. The molecule has 0 bridgehead atoms. The van der Waals surface area contributed by atoms with E-state index in [0.717, 1.165) is 28.1 Å². The lowest BCUT2D eigenvalue weighted by atomic mass is 10.0. The van der Waals surface area contributed by atoms with Crippen LogP contribution in [0.1, 0.15) is 36.5 Å². The fraction of sp³-hybridized carbons (Fsp3) is 0.333. The highest BCUT2D eigenvalue weighted by atomic mass is 79.9. The highest BCUT2D eigenvalue weighted by molar-refractivity contribution is 9.10. The lowest BCUT2D eigenvalue weighted by molar-refractivity contribution is -0.143. The molecule has 0 aromatic heterocycles. The normalized spacial score (nSPS) is 12.0. The minimum atomic E-state index is -0.616. The quantitative estimate of drug-likeness (QED) is 0.772. The van der Waals surface area contributed by atoms with Gasteiger partial charge in [0.05, 0.1) is 7.11 Å². The second-order valence-electron chi connectivity index (χ2n) is 5.33. The Bertz CT molecular complexity index is 714. The number of hydrogen-bond acceptors (Lipinski definition) is 3. The van der Waals surface area contributed by atoms with Gasteiger partial charge in [-0.3, -0.25) is 4.79 Å². The lowest BCUT2D eigenvalue weighted by Gasteiger charge is -2.17. The van der Waals surface area contributed by atoms with Crippen LogP contribution < -0.4 is 5.32 Å². The van der Waals surface area contributed by atoms with Gasteiger partial charge in [0.15, 0.2) is 0 Å². The molecule has 1 N–H and O–H groups in total. The first-order valence-electron chi connectivity index (χ1n) is 7.64. The van der Waals surface area contributed by atoms with Crippen LogP contribution in [0.3, 0.4) is 0 Å². The Hall–Kier alpha value is -1.88. The van der Waals surface area contributed by atoms with Gasteiger partial charge in [-0.1, -0.05) is 60.0 Å². The summed E-state index contributed by atoms with van der Waals surface area (Å²) in [6.07, 6.45) is 2.37. The number of amides is 1. The van der Waals surface area contributed by atoms with Crippen molar-refractivity contribution in [2.75, 3.05) is 7.11 Å². The van der Waals surface area contributed by atoms with E-state index in [1.807, 2.05) is 37.3 Å². The molecular weight excluding hydrogens is 358 g/mol. The molecule has 1 unspecified atom stereocenters. The number of nitrogens with one attached hydrogen (secondary N) is 1. The molecule has 1 amide bonds. The molecule has 0 aliphatic carbocycles. The van der Waals surface area contributed by atoms with E-state index in [1.54, 1.807) is 6.07 Å². The predicted octanol–water partition coefficient (Wildman–Crippen LogP) is 4.06. The molecule has 5 heteroatoms. The molecule has 0 spiro atoms. The molecule has 4 nitrogen and oxygen atoms in total. The van der Waals surface area contributed by atoms with Gasteiger partial charge < -0.3 is 10.1 Å². The summed E-state index contributed by atoms with van der Waals surface area (Å²) in [7, 11) is 1.34. The van der Waals surface area contributed by atoms with E-state index in [1.165, 1.54) is 7.11 Å². The van der Waals surface area contributed by atoms with Crippen LogP contribution in [-0.2, 0) is 9.53 Å². The van der Waals surface area contributed by atoms with E-state index in [2.05, 4.69) is 21.2 Å². The van der Waals surface area contributed by atoms with Crippen LogP contribution in [0.4, 0.5) is 0 Å². The summed E-state index contributed by atoms with van der Waals surface area (Å²) in [5, 5.41) is 4.61. The molecule has 1 atom stereocenters. The summed E-state index contributed by atoms with van der Waals surface area (Å²) in [5.74, 6) is -0.673. The number of unbranched alkanes of at least 4 members (excludes halogenated alkanes) is 1. The van der Waals surface area contributed by atoms with Crippen LogP contribution in [0, 0.1) is 0 Å². The zero-order valence-electron chi connectivity index (χ0n) is 13.3. The molecule has 23 heavy (non-hydrogen) atoms. The van der Waals surface area contributed by atoms with Gasteiger partial charge in [-0.15, -0.1) is 0 Å². The van der Waals surface area contributed by atoms with Crippen molar-refractivity contribution in [3.63, 3.8) is 0 Å². The van der Waals surface area contributed by atoms with Crippen LogP contribution in [0.2, 0.25) is 0 Å². The average molecular weight is 378 g/mol. The molecule has 0 fully saturated rings. The largest absolute Gasteiger partial charge is 0.467 e. The van der Waals surface area contributed by atoms with E-state index in [0.29, 0.717) is 12.0 Å². The maximum absolute atomic E-state index is 12.6. The van der Waals surface area contributed by atoms with Crippen molar-refractivity contribution < 1.29 is 14.3 Å². The van der Waals surface area contributed by atoms with Crippen molar-refractivity contribution in [3.8, 4) is 0 Å². The Morgan fingerprint density at radius 3 is 2.52 bits per heavy atom. The Morgan fingerprint density at radius 1 is 1.17 bits per heavy atom. The Kier molecular flexibility index (Phi) is 6.16. The van der Waals surface area contributed by atoms with Gasteiger partial charge >= 0.3 is 5.97 Å². The highest BCUT2D eigenvalue weighted by Crippen LogP contribution is 2.26. The smallest absolute Gasteiger partial charge is 0.328 e. The monoisotopic (exact) mass is 377 g/mol. The first-order chi connectivity index (χ1) is 11.1. The SMILES string of the molecule is CCCCC(NC(=O)c1ccc(Br)c2ccccc12)C(=O)OC. The fourth-order valence-corrected chi connectivity index (χ4v) is 2.97. The van der Waals surface area contributed by atoms with Gasteiger partial charge in [-0.2, -0.15) is 0 Å². The number of rotatable bonds is 6. The van der Waals surface area contributed by atoms with Crippen molar-refractivity contribution in [2.45, 2.75) is 32.2 Å². The zero-order chi connectivity index (χ0) is 16.8. The van der Waals surface area contributed by atoms with E-state index in [4.69, 9.17) is 4.74 Å². The molecule has 2 aromatic carbocycles. The molecule has 0 radical (unpaired) electrons. The third-order valence-corrected chi connectivity index (χ3v) is 4.44. The first kappa shape index (κ1) is 17.5. The van der Waals surface area contributed by atoms with Crippen LogP contribution in [0.15, 0.2) is 40.9 Å². The Labute approximate surface area is 144 Å². The Balaban J connectivity index is 2.29. The van der Waals surface area contributed by atoms with Gasteiger partial charge in [0, 0.05) is 10.0 Å². The number of ether oxygens (including phenoxy) is 1.